The lowest BCUT2D eigenvalue weighted by Crippen LogP contribution is -2.73. The molecule has 4 saturated heterocycles. The minimum Gasteiger partial charge on any atom is -0.366 e. The Labute approximate surface area is 242 Å². The van der Waals surface area contributed by atoms with Crippen LogP contribution in [-0.2, 0) is 4.74 Å². The van der Waals surface area contributed by atoms with Gasteiger partial charge in [-0.1, -0.05) is 13.8 Å². The minimum absolute atomic E-state index is 0.00791. The van der Waals surface area contributed by atoms with Crippen LogP contribution in [0.5, 0.6) is 0 Å². The van der Waals surface area contributed by atoms with Gasteiger partial charge in [0.25, 0.3) is 0 Å². The van der Waals surface area contributed by atoms with E-state index in [1.807, 2.05) is 19.0 Å². The van der Waals surface area contributed by atoms with E-state index in [9.17, 15) is 13.2 Å². The van der Waals surface area contributed by atoms with E-state index in [-0.39, 0.29) is 49.1 Å². The van der Waals surface area contributed by atoms with Crippen LogP contribution in [0.25, 0.3) is 0 Å². The number of nitrogens with zero attached hydrogens (tertiary/aromatic N) is 3. The maximum Gasteiger partial charge on any atom is 0.405 e. The van der Waals surface area contributed by atoms with Crippen molar-refractivity contribution in [2.45, 2.75) is 88.6 Å². The zero-order chi connectivity index (χ0) is 29.2. The van der Waals surface area contributed by atoms with E-state index in [1.54, 1.807) is 7.11 Å². The number of hydrogen-bond acceptors (Lipinski definition) is 8. The van der Waals surface area contributed by atoms with Crippen LogP contribution in [0.4, 0.5) is 13.2 Å². The molecule has 2 aliphatic carbocycles. The molecule has 0 aromatic carbocycles. The molecule has 4 aliphatic heterocycles. The van der Waals surface area contributed by atoms with Crippen molar-refractivity contribution in [3.05, 3.63) is 0 Å². The minimum atomic E-state index is -4.22. The van der Waals surface area contributed by atoms with Gasteiger partial charge in [0.15, 0.2) is 5.96 Å². The summed E-state index contributed by atoms with van der Waals surface area (Å²) in [6.45, 7) is 6.78. The number of hydrogen-bond donors (Lipinski definition) is 6. The number of guanidine groups is 1. The topological polar surface area (TPSA) is 103 Å². The molecule has 6 fully saturated rings. The molecule has 6 rings (SSSR count). The van der Waals surface area contributed by atoms with Gasteiger partial charge in [-0.05, 0) is 62.3 Å². The maximum atomic E-state index is 13.5. The maximum absolute atomic E-state index is 13.5. The fraction of sp³-hybridized carbons (Fsp3) is 0.964. The van der Waals surface area contributed by atoms with Gasteiger partial charge in [-0.2, -0.15) is 13.2 Å². The van der Waals surface area contributed by atoms with Crippen LogP contribution in [0.15, 0.2) is 0 Å². The molecule has 13 heteroatoms. The summed E-state index contributed by atoms with van der Waals surface area (Å²) in [7, 11) is 5.60. The van der Waals surface area contributed by atoms with Crippen LogP contribution >= 0.6 is 0 Å². The quantitative estimate of drug-likeness (QED) is 0.273. The molecule has 12 unspecified atom stereocenters. The Morgan fingerprint density at radius 3 is 2.41 bits per heavy atom. The van der Waals surface area contributed by atoms with Gasteiger partial charge in [-0.15, -0.1) is 0 Å². The van der Waals surface area contributed by atoms with Gasteiger partial charge in [0.05, 0.1) is 18.4 Å². The third-order valence-corrected chi connectivity index (χ3v) is 11.3. The number of rotatable bonds is 6. The van der Waals surface area contributed by atoms with Crippen LogP contribution in [0.3, 0.4) is 0 Å². The number of likely N-dealkylation sites (N-methyl/N-ethyl adjacent to an activating group) is 2. The number of nitrogens with one attached hydrogen (secondary N) is 6. The lowest BCUT2D eigenvalue weighted by Gasteiger charge is -2.49. The number of methoxy groups -OCH3 is 1. The van der Waals surface area contributed by atoms with E-state index >= 15 is 0 Å². The lowest BCUT2D eigenvalue weighted by molar-refractivity contribution is -0.151. The summed E-state index contributed by atoms with van der Waals surface area (Å²) in [5.74, 6) is 2.64. The first-order valence-corrected chi connectivity index (χ1v) is 15.6. The van der Waals surface area contributed by atoms with Gasteiger partial charge in [0.2, 0.25) is 0 Å². The van der Waals surface area contributed by atoms with Crippen molar-refractivity contribution < 1.29 is 17.9 Å². The molecule has 2 saturated carbocycles. The van der Waals surface area contributed by atoms with Gasteiger partial charge in [-0.25, -0.2) is 0 Å². The number of fused-ring (bicyclic) bond motifs is 1. The molecule has 234 valence electrons. The smallest absolute Gasteiger partial charge is 0.366 e. The molecule has 0 radical (unpaired) electrons. The Balaban J connectivity index is 1.13. The van der Waals surface area contributed by atoms with E-state index in [2.05, 4.69) is 50.2 Å². The molecule has 4 heterocycles. The first-order chi connectivity index (χ1) is 19.5. The Hall–Kier alpha value is -1.22. The largest absolute Gasteiger partial charge is 0.405 e. The molecule has 41 heavy (non-hydrogen) atoms. The van der Waals surface area contributed by atoms with E-state index in [4.69, 9.17) is 10.1 Å². The molecule has 10 nitrogen and oxygen atoms in total. The molecule has 0 aromatic heterocycles. The average molecular weight is 586 g/mol. The van der Waals surface area contributed by atoms with Crippen LogP contribution in [0, 0.1) is 40.9 Å². The van der Waals surface area contributed by atoms with Gasteiger partial charge < -0.3 is 19.9 Å². The third kappa shape index (κ3) is 5.60. The standard InChI is InChI=1S/C28H50F3N9O/c1-14-9-18(24-36-20(12-38(24)3)28(29,30)31)15(2)8-17(14)11-40-25-19(39(4)27(40)32)10-33-23(37-25)21-22(16-6-7-16)34-13-35-26(21)41-5/h14-26,32-37H,6-13H2,1-5H3. The highest BCUT2D eigenvalue weighted by Gasteiger charge is 2.53. The summed E-state index contributed by atoms with van der Waals surface area (Å²) in [6.07, 6.45) is -0.107. The zero-order valence-electron chi connectivity index (χ0n) is 25.0. The highest BCUT2D eigenvalue weighted by atomic mass is 19.4. The summed E-state index contributed by atoms with van der Waals surface area (Å²) >= 11 is 0. The molecule has 12 atom stereocenters. The van der Waals surface area contributed by atoms with E-state index in [0.717, 1.165) is 32.6 Å². The highest BCUT2D eigenvalue weighted by molar-refractivity contribution is 5.80. The summed E-state index contributed by atoms with van der Waals surface area (Å²) in [5, 5.41) is 26.8. The number of alkyl halides is 3. The molecule has 6 N–H and O–H groups in total. The lowest BCUT2D eigenvalue weighted by atomic mass is 9.68. The highest BCUT2D eigenvalue weighted by Crippen LogP contribution is 2.43. The second-order valence-corrected chi connectivity index (χ2v) is 13.8. The van der Waals surface area contributed by atoms with Gasteiger partial charge in [-0.3, -0.25) is 31.6 Å². The first-order valence-electron chi connectivity index (χ1n) is 15.6. The zero-order valence-corrected chi connectivity index (χ0v) is 25.0. The number of halogens is 3. The predicted molar refractivity (Wildman–Crippen MR) is 151 cm³/mol. The van der Waals surface area contributed by atoms with Crippen LogP contribution in [0.2, 0.25) is 0 Å². The van der Waals surface area contributed by atoms with E-state index in [0.29, 0.717) is 35.7 Å². The average Bonchev–Trinajstić information content (AvgIpc) is 3.67. The molecular formula is C28H50F3N9O. The summed E-state index contributed by atoms with van der Waals surface area (Å²) < 4.78 is 46.3. The van der Waals surface area contributed by atoms with Crippen LogP contribution in [-0.4, -0.2) is 117 Å². The molecular weight excluding hydrogens is 535 g/mol. The van der Waals surface area contributed by atoms with Crippen molar-refractivity contribution in [1.82, 2.24) is 41.3 Å². The second kappa shape index (κ2) is 11.4. The third-order valence-electron chi connectivity index (χ3n) is 11.3. The van der Waals surface area contributed by atoms with Gasteiger partial charge in [0.1, 0.15) is 18.4 Å². The van der Waals surface area contributed by atoms with E-state index in [1.165, 1.54) is 12.8 Å². The van der Waals surface area contributed by atoms with Crippen molar-refractivity contribution in [3.63, 3.8) is 0 Å². The fourth-order valence-electron chi connectivity index (χ4n) is 8.72. The SMILES string of the molecule is COC1NCNC(C2CC2)C1C1NCC2C(N1)N(CC1CC(C)C(C3NC(C(F)(F)F)CN3C)CC1C)C(=N)N2C. The molecule has 0 amide bonds. The normalized spacial score (nSPS) is 46.3. The van der Waals surface area contributed by atoms with Crippen molar-refractivity contribution in [1.29, 1.82) is 5.41 Å². The summed E-state index contributed by atoms with van der Waals surface area (Å²) in [5.41, 5.74) is 0. The van der Waals surface area contributed by atoms with E-state index < -0.39 is 12.2 Å². The van der Waals surface area contributed by atoms with Crippen molar-refractivity contribution in [2.24, 2.45) is 35.5 Å². The number of ether oxygens (including phenoxy) is 1. The Bertz CT molecular complexity index is 953. The van der Waals surface area contributed by atoms with Crippen molar-refractivity contribution in [2.75, 3.05) is 47.5 Å². The predicted octanol–water partition coefficient (Wildman–Crippen LogP) is 0.990. The summed E-state index contributed by atoms with van der Waals surface area (Å²) in [4.78, 5) is 6.20. The second-order valence-electron chi connectivity index (χ2n) is 13.8. The molecule has 0 aromatic rings. The Morgan fingerprint density at radius 2 is 1.76 bits per heavy atom. The Kier molecular flexibility index (Phi) is 8.27. The molecule has 6 aliphatic rings. The fourth-order valence-corrected chi connectivity index (χ4v) is 8.72. The van der Waals surface area contributed by atoms with Crippen LogP contribution < -0.4 is 26.6 Å². The van der Waals surface area contributed by atoms with Gasteiger partial charge in [0, 0.05) is 52.4 Å². The monoisotopic (exact) mass is 585 g/mol. The van der Waals surface area contributed by atoms with Crippen LogP contribution in [0.1, 0.15) is 39.5 Å². The Morgan fingerprint density at radius 1 is 1.00 bits per heavy atom. The van der Waals surface area contributed by atoms with Crippen molar-refractivity contribution >= 4 is 5.96 Å². The van der Waals surface area contributed by atoms with Crippen molar-refractivity contribution in [3.8, 4) is 0 Å². The first kappa shape index (κ1) is 29.8. The molecule has 0 bridgehead atoms. The summed E-state index contributed by atoms with van der Waals surface area (Å²) in [6, 6.07) is -0.922. The molecule has 0 spiro atoms. The van der Waals surface area contributed by atoms with Gasteiger partial charge >= 0.3 is 6.18 Å².